The van der Waals surface area contributed by atoms with Crippen LogP contribution < -0.4 is 0 Å². The summed E-state index contributed by atoms with van der Waals surface area (Å²) in [5.74, 6) is 2.08. The summed E-state index contributed by atoms with van der Waals surface area (Å²) in [6, 6.07) is 0. The lowest BCUT2D eigenvalue weighted by atomic mass is 9.71. The molecule has 0 spiro atoms. The van der Waals surface area contributed by atoms with Crippen LogP contribution in [0, 0.1) is 11.8 Å². The predicted molar refractivity (Wildman–Crippen MR) is 83.2 cm³/mol. The molecule has 0 atom stereocenters. The zero-order valence-electron chi connectivity index (χ0n) is 12.7. The molecular weight excluding hydrogens is 246 g/mol. The Bertz CT molecular complexity index is 368. The van der Waals surface area contributed by atoms with Gasteiger partial charge in [-0.1, -0.05) is 48.4 Å². The Kier molecular flexibility index (Phi) is 4.80. The van der Waals surface area contributed by atoms with Gasteiger partial charge in [-0.15, -0.1) is 0 Å². The van der Waals surface area contributed by atoms with E-state index in [1.807, 2.05) is 0 Å². The number of hydrogen-bond donors (Lipinski definition) is 1. The fraction of sp³-hybridized carbons (Fsp3) is 0.833. The maximum absolute atomic E-state index is 8.84. The molecule has 3 saturated carbocycles. The van der Waals surface area contributed by atoms with E-state index in [2.05, 4.69) is 5.16 Å². The average molecular weight is 275 g/mol. The van der Waals surface area contributed by atoms with E-state index in [0.29, 0.717) is 0 Å². The van der Waals surface area contributed by atoms with E-state index in [-0.39, 0.29) is 0 Å². The second kappa shape index (κ2) is 6.78. The van der Waals surface area contributed by atoms with Gasteiger partial charge in [0.15, 0.2) is 0 Å². The van der Waals surface area contributed by atoms with Crippen molar-refractivity contribution >= 4 is 5.71 Å². The fourth-order valence-electron chi connectivity index (χ4n) is 4.71. The summed E-state index contributed by atoms with van der Waals surface area (Å²) < 4.78 is 0. The molecule has 3 rings (SSSR count). The third-order valence-electron chi connectivity index (χ3n) is 6.02. The van der Waals surface area contributed by atoms with Gasteiger partial charge in [0.1, 0.15) is 0 Å². The molecular formula is C18H29NO. The maximum atomic E-state index is 8.84. The molecule has 0 radical (unpaired) electrons. The first-order chi connectivity index (χ1) is 9.86. The summed E-state index contributed by atoms with van der Waals surface area (Å²) in [4.78, 5) is 0. The Labute approximate surface area is 123 Å². The highest BCUT2D eigenvalue weighted by molar-refractivity contribution is 5.85. The fourth-order valence-corrected chi connectivity index (χ4v) is 4.71. The van der Waals surface area contributed by atoms with E-state index < -0.39 is 0 Å². The van der Waals surface area contributed by atoms with Crippen molar-refractivity contribution in [2.75, 3.05) is 0 Å². The zero-order valence-corrected chi connectivity index (χ0v) is 12.7. The number of nitrogens with zero attached hydrogens (tertiary/aromatic N) is 1. The molecule has 3 aliphatic rings. The quantitative estimate of drug-likeness (QED) is 0.385. The molecule has 1 N–H and O–H groups in total. The van der Waals surface area contributed by atoms with Crippen LogP contribution in [0.25, 0.3) is 0 Å². The highest BCUT2D eigenvalue weighted by atomic mass is 16.4. The Hall–Kier alpha value is -0.790. The molecule has 0 aromatic rings. The van der Waals surface area contributed by atoms with Crippen LogP contribution in [0.1, 0.15) is 83.5 Å². The summed E-state index contributed by atoms with van der Waals surface area (Å²) in [5.41, 5.74) is 4.48. The van der Waals surface area contributed by atoms with Gasteiger partial charge in [-0.05, 0) is 63.2 Å². The third-order valence-corrected chi connectivity index (χ3v) is 6.02. The minimum atomic E-state index is 0.987. The summed E-state index contributed by atoms with van der Waals surface area (Å²) >= 11 is 0. The van der Waals surface area contributed by atoms with Crippen LogP contribution in [0.2, 0.25) is 0 Å². The van der Waals surface area contributed by atoms with Crippen molar-refractivity contribution in [1.29, 1.82) is 0 Å². The first-order valence-corrected chi connectivity index (χ1v) is 8.76. The van der Waals surface area contributed by atoms with Crippen LogP contribution in [0.3, 0.4) is 0 Å². The van der Waals surface area contributed by atoms with Crippen molar-refractivity contribution in [2.24, 2.45) is 17.0 Å². The number of oxime groups is 1. The zero-order chi connectivity index (χ0) is 13.8. The van der Waals surface area contributed by atoms with Gasteiger partial charge in [-0.3, -0.25) is 0 Å². The lowest BCUT2D eigenvalue weighted by molar-refractivity contribution is 0.211. The second-order valence-electron chi connectivity index (χ2n) is 7.11. The highest BCUT2D eigenvalue weighted by Crippen LogP contribution is 2.41. The van der Waals surface area contributed by atoms with E-state index >= 15 is 0 Å². The molecule has 3 aliphatic carbocycles. The van der Waals surface area contributed by atoms with Crippen molar-refractivity contribution in [2.45, 2.75) is 83.5 Å². The van der Waals surface area contributed by atoms with Crippen molar-refractivity contribution < 1.29 is 5.21 Å². The van der Waals surface area contributed by atoms with Crippen LogP contribution in [-0.2, 0) is 0 Å². The van der Waals surface area contributed by atoms with Gasteiger partial charge < -0.3 is 5.21 Å². The molecule has 0 heterocycles. The van der Waals surface area contributed by atoms with E-state index in [9.17, 15) is 0 Å². The second-order valence-corrected chi connectivity index (χ2v) is 7.11. The van der Waals surface area contributed by atoms with Crippen molar-refractivity contribution in [3.05, 3.63) is 11.1 Å². The van der Waals surface area contributed by atoms with E-state index in [4.69, 9.17) is 5.21 Å². The van der Waals surface area contributed by atoms with Crippen LogP contribution in [-0.4, -0.2) is 10.9 Å². The van der Waals surface area contributed by atoms with Gasteiger partial charge in [0.05, 0.1) is 5.71 Å². The number of rotatable bonds is 1. The maximum Gasteiger partial charge on any atom is 0.0577 e. The van der Waals surface area contributed by atoms with Gasteiger partial charge in [0.2, 0.25) is 0 Å². The van der Waals surface area contributed by atoms with Gasteiger partial charge in [-0.2, -0.15) is 0 Å². The number of allylic oxidation sites excluding steroid dienone is 2. The molecule has 2 nitrogen and oxygen atoms in total. The molecule has 3 fully saturated rings. The molecule has 0 bridgehead atoms. The Morgan fingerprint density at radius 1 is 0.650 bits per heavy atom. The molecule has 0 amide bonds. The molecule has 20 heavy (non-hydrogen) atoms. The van der Waals surface area contributed by atoms with Gasteiger partial charge >= 0.3 is 0 Å². The summed E-state index contributed by atoms with van der Waals surface area (Å²) in [7, 11) is 0. The normalized spacial score (nSPS) is 29.6. The van der Waals surface area contributed by atoms with Crippen LogP contribution >= 0.6 is 0 Å². The van der Waals surface area contributed by atoms with Crippen LogP contribution in [0.4, 0.5) is 0 Å². The first-order valence-electron chi connectivity index (χ1n) is 8.76. The smallest absolute Gasteiger partial charge is 0.0577 e. The van der Waals surface area contributed by atoms with Crippen LogP contribution in [0.15, 0.2) is 16.3 Å². The molecule has 112 valence electrons. The summed E-state index contributed by atoms with van der Waals surface area (Å²) in [5, 5.41) is 12.2. The van der Waals surface area contributed by atoms with Gasteiger partial charge in [0.25, 0.3) is 0 Å². The standard InChI is InChI=1S/C18H29NO/c20-19-18-12-10-17(11-13-18)16-8-6-15(7-9-16)14-4-2-1-3-5-14/h14-15,20H,1-13H2. The van der Waals surface area contributed by atoms with Crippen LogP contribution in [0.5, 0.6) is 0 Å². The Balaban J connectivity index is 1.53. The molecule has 0 aromatic carbocycles. The largest absolute Gasteiger partial charge is 0.411 e. The third kappa shape index (κ3) is 3.27. The SMILES string of the molecule is ON=C1CCC(=C2CCC(C3CCCCC3)CC2)CC1. The minimum Gasteiger partial charge on any atom is -0.411 e. The first kappa shape index (κ1) is 14.2. The molecule has 0 unspecified atom stereocenters. The van der Waals surface area contributed by atoms with Gasteiger partial charge in [-0.25, -0.2) is 0 Å². The monoisotopic (exact) mass is 275 g/mol. The van der Waals surface area contributed by atoms with E-state index in [0.717, 1.165) is 43.2 Å². The van der Waals surface area contributed by atoms with Gasteiger partial charge in [0, 0.05) is 0 Å². The summed E-state index contributed by atoms with van der Waals surface area (Å²) in [6.07, 6.45) is 17.4. The Morgan fingerprint density at radius 3 is 1.80 bits per heavy atom. The highest BCUT2D eigenvalue weighted by Gasteiger charge is 2.27. The number of hydrogen-bond acceptors (Lipinski definition) is 2. The van der Waals surface area contributed by atoms with Crippen molar-refractivity contribution in [1.82, 2.24) is 0 Å². The lowest BCUT2D eigenvalue weighted by Gasteiger charge is -2.35. The lowest BCUT2D eigenvalue weighted by Crippen LogP contribution is -2.22. The molecule has 0 saturated heterocycles. The Morgan fingerprint density at radius 2 is 1.20 bits per heavy atom. The molecule has 2 heteroatoms. The predicted octanol–water partition coefficient (Wildman–Crippen LogP) is 5.46. The van der Waals surface area contributed by atoms with E-state index in [1.54, 1.807) is 11.1 Å². The van der Waals surface area contributed by atoms with E-state index in [1.165, 1.54) is 57.8 Å². The minimum absolute atomic E-state index is 0.987. The molecule has 0 aliphatic heterocycles. The average Bonchev–Trinajstić information content (AvgIpc) is 2.56. The summed E-state index contributed by atoms with van der Waals surface area (Å²) in [6.45, 7) is 0. The molecule has 0 aromatic heterocycles. The van der Waals surface area contributed by atoms with Crippen molar-refractivity contribution in [3.63, 3.8) is 0 Å². The topological polar surface area (TPSA) is 32.6 Å². The van der Waals surface area contributed by atoms with Crippen molar-refractivity contribution in [3.8, 4) is 0 Å².